The summed E-state index contributed by atoms with van der Waals surface area (Å²) in [6.07, 6.45) is 4.54. The van der Waals surface area contributed by atoms with Crippen molar-refractivity contribution < 1.29 is 0 Å². The number of rotatable bonds is 5. The summed E-state index contributed by atoms with van der Waals surface area (Å²) in [6, 6.07) is 2.52. The molecule has 1 rings (SSSR count). The fourth-order valence-corrected chi connectivity index (χ4v) is 2.55. The molecule has 0 amide bonds. The summed E-state index contributed by atoms with van der Waals surface area (Å²) in [7, 11) is 4.12. The third-order valence-corrected chi connectivity index (χ3v) is 3.51. The highest BCUT2D eigenvalue weighted by Gasteiger charge is 2.41. The molecule has 0 spiro atoms. The highest BCUT2D eigenvalue weighted by Crippen LogP contribution is 2.37. The zero-order valence-electron chi connectivity index (χ0n) is 10.2. The van der Waals surface area contributed by atoms with Gasteiger partial charge in [0.05, 0.1) is 6.07 Å². The highest BCUT2D eigenvalue weighted by atomic mass is 15.1. The summed E-state index contributed by atoms with van der Waals surface area (Å²) in [6.45, 7) is 4.10. The van der Waals surface area contributed by atoms with Gasteiger partial charge in [0.25, 0.3) is 0 Å². The van der Waals surface area contributed by atoms with Crippen LogP contribution in [0.3, 0.4) is 0 Å². The van der Waals surface area contributed by atoms with Crippen molar-refractivity contribution in [3.05, 3.63) is 0 Å². The van der Waals surface area contributed by atoms with E-state index in [2.05, 4.69) is 37.3 Å². The van der Waals surface area contributed by atoms with Crippen molar-refractivity contribution in [2.24, 2.45) is 5.92 Å². The fraction of sp³-hybridized carbons (Fsp3) is 0.917. The normalized spacial score (nSPS) is 30.7. The smallest absolute Gasteiger partial charge is 0.109 e. The molecule has 0 bridgehead atoms. The molecule has 3 nitrogen and oxygen atoms in total. The van der Waals surface area contributed by atoms with E-state index in [0.717, 1.165) is 25.9 Å². The first-order chi connectivity index (χ1) is 7.14. The lowest BCUT2D eigenvalue weighted by Crippen LogP contribution is -2.49. The molecular weight excluding hydrogens is 186 g/mol. The molecule has 0 aromatic heterocycles. The molecule has 1 aliphatic rings. The molecule has 0 heterocycles. The molecule has 0 saturated heterocycles. The van der Waals surface area contributed by atoms with Gasteiger partial charge >= 0.3 is 0 Å². The molecule has 0 aromatic carbocycles. The largest absolute Gasteiger partial charge is 0.308 e. The van der Waals surface area contributed by atoms with E-state index in [4.69, 9.17) is 0 Å². The molecule has 1 saturated carbocycles. The van der Waals surface area contributed by atoms with Crippen LogP contribution in [0.25, 0.3) is 0 Å². The average molecular weight is 209 g/mol. The van der Waals surface area contributed by atoms with Crippen LogP contribution in [0.1, 0.15) is 32.6 Å². The number of hydrogen-bond acceptors (Lipinski definition) is 3. The highest BCUT2D eigenvalue weighted by molar-refractivity contribution is 5.13. The molecule has 0 aliphatic heterocycles. The maximum atomic E-state index is 9.36. The molecule has 15 heavy (non-hydrogen) atoms. The molecule has 1 fully saturated rings. The Balaban J connectivity index is 2.50. The van der Waals surface area contributed by atoms with Crippen molar-refractivity contribution in [1.82, 2.24) is 10.2 Å². The molecule has 2 atom stereocenters. The third-order valence-electron chi connectivity index (χ3n) is 3.51. The first kappa shape index (κ1) is 12.5. The van der Waals surface area contributed by atoms with Gasteiger partial charge in [-0.2, -0.15) is 5.26 Å². The van der Waals surface area contributed by atoms with E-state index in [1.54, 1.807) is 0 Å². The van der Waals surface area contributed by atoms with Crippen LogP contribution in [0.4, 0.5) is 0 Å². The second-order valence-electron chi connectivity index (χ2n) is 4.81. The Morgan fingerprint density at radius 1 is 1.53 bits per heavy atom. The van der Waals surface area contributed by atoms with Crippen molar-refractivity contribution in [3.8, 4) is 6.07 Å². The Hall–Kier alpha value is -0.590. The SMILES string of the molecule is CCC1CCCC1(C#N)NCCN(C)C. The van der Waals surface area contributed by atoms with Crippen LogP contribution < -0.4 is 5.32 Å². The topological polar surface area (TPSA) is 39.1 Å². The van der Waals surface area contributed by atoms with E-state index in [0.29, 0.717) is 5.92 Å². The van der Waals surface area contributed by atoms with Crippen molar-refractivity contribution in [1.29, 1.82) is 5.26 Å². The van der Waals surface area contributed by atoms with E-state index < -0.39 is 0 Å². The number of hydrogen-bond donors (Lipinski definition) is 1. The molecular formula is C12H23N3. The van der Waals surface area contributed by atoms with Crippen LogP contribution in [0, 0.1) is 17.2 Å². The zero-order valence-corrected chi connectivity index (χ0v) is 10.2. The molecule has 86 valence electrons. The number of nitrogens with zero attached hydrogens (tertiary/aromatic N) is 2. The molecule has 3 heteroatoms. The van der Waals surface area contributed by atoms with Gasteiger partial charge in [0, 0.05) is 13.1 Å². The monoisotopic (exact) mass is 209 g/mol. The van der Waals surface area contributed by atoms with Crippen LogP contribution in [0.2, 0.25) is 0 Å². The Morgan fingerprint density at radius 2 is 2.27 bits per heavy atom. The van der Waals surface area contributed by atoms with E-state index in [1.807, 2.05) is 0 Å². The van der Waals surface area contributed by atoms with Crippen LogP contribution in [0.5, 0.6) is 0 Å². The van der Waals surface area contributed by atoms with E-state index in [9.17, 15) is 5.26 Å². The van der Waals surface area contributed by atoms with Gasteiger partial charge in [-0.05, 0) is 32.9 Å². The Kier molecular flexibility index (Phi) is 4.56. The van der Waals surface area contributed by atoms with Crippen molar-refractivity contribution in [2.45, 2.75) is 38.1 Å². The number of nitriles is 1. The van der Waals surface area contributed by atoms with Crippen molar-refractivity contribution in [3.63, 3.8) is 0 Å². The summed E-state index contributed by atoms with van der Waals surface area (Å²) >= 11 is 0. The second-order valence-corrected chi connectivity index (χ2v) is 4.81. The van der Waals surface area contributed by atoms with Crippen LogP contribution >= 0.6 is 0 Å². The van der Waals surface area contributed by atoms with Crippen LogP contribution in [0.15, 0.2) is 0 Å². The second kappa shape index (κ2) is 5.48. The Labute approximate surface area is 93.5 Å². The molecule has 0 radical (unpaired) electrons. The predicted molar refractivity (Wildman–Crippen MR) is 62.5 cm³/mol. The first-order valence-electron chi connectivity index (χ1n) is 5.95. The minimum Gasteiger partial charge on any atom is -0.308 e. The maximum Gasteiger partial charge on any atom is 0.109 e. The lowest BCUT2D eigenvalue weighted by atomic mass is 9.86. The minimum atomic E-state index is -0.231. The van der Waals surface area contributed by atoms with Gasteiger partial charge in [-0.1, -0.05) is 19.8 Å². The summed E-state index contributed by atoms with van der Waals surface area (Å²) in [5.41, 5.74) is -0.231. The van der Waals surface area contributed by atoms with Gasteiger partial charge in [-0.25, -0.2) is 0 Å². The quantitative estimate of drug-likeness (QED) is 0.747. The Morgan fingerprint density at radius 3 is 2.80 bits per heavy atom. The van der Waals surface area contributed by atoms with Gasteiger partial charge in [-0.15, -0.1) is 0 Å². The zero-order chi connectivity index (χ0) is 11.3. The van der Waals surface area contributed by atoms with Crippen molar-refractivity contribution >= 4 is 0 Å². The van der Waals surface area contributed by atoms with Crippen molar-refractivity contribution in [2.75, 3.05) is 27.2 Å². The predicted octanol–water partition coefficient (Wildman–Crippen LogP) is 1.61. The van der Waals surface area contributed by atoms with E-state index in [-0.39, 0.29) is 5.54 Å². The van der Waals surface area contributed by atoms with Gasteiger partial charge in [0.15, 0.2) is 0 Å². The fourth-order valence-electron chi connectivity index (χ4n) is 2.55. The number of nitrogens with one attached hydrogen (secondary N) is 1. The molecule has 0 aromatic rings. The standard InChI is InChI=1S/C12H23N3/c1-4-11-6-5-7-12(11,10-13)14-8-9-15(2)3/h11,14H,4-9H2,1-3H3. The summed E-state index contributed by atoms with van der Waals surface area (Å²) in [5, 5.41) is 12.8. The maximum absolute atomic E-state index is 9.36. The van der Waals surface area contributed by atoms with Gasteiger partial charge in [-0.3, -0.25) is 5.32 Å². The lowest BCUT2D eigenvalue weighted by molar-refractivity contribution is 0.290. The Bertz CT molecular complexity index is 232. The average Bonchev–Trinajstić information content (AvgIpc) is 2.61. The lowest BCUT2D eigenvalue weighted by Gasteiger charge is -2.29. The van der Waals surface area contributed by atoms with Crippen LogP contribution in [-0.4, -0.2) is 37.6 Å². The first-order valence-corrected chi connectivity index (χ1v) is 5.95. The number of likely N-dealkylation sites (N-methyl/N-ethyl adjacent to an activating group) is 1. The van der Waals surface area contributed by atoms with Gasteiger partial charge in [0.1, 0.15) is 5.54 Å². The van der Waals surface area contributed by atoms with E-state index >= 15 is 0 Å². The molecule has 1 N–H and O–H groups in total. The van der Waals surface area contributed by atoms with E-state index in [1.165, 1.54) is 12.8 Å². The van der Waals surface area contributed by atoms with Crippen LogP contribution in [-0.2, 0) is 0 Å². The molecule has 2 unspecified atom stereocenters. The van der Waals surface area contributed by atoms with Gasteiger partial charge in [0.2, 0.25) is 0 Å². The minimum absolute atomic E-state index is 0.231. The summed E-state index contributed by atoms with van der Waals surface area (Å²) in [5.74, 6) is 0.546. The third kappa shape index (κ3) is 2.93. The summed E-state index contributed by atoms with van der Waals surface area (Å²) < 4.78 is 0. The van der Waals surface area contributed by atoms with Gasteiger partial charge < -0.3 is 4.90 Å². The molecule has 1 aliphatic carbocycles. The summed E-state index contributed by atoms with van der Waals surface area (Å²) in [4.78, 5) is 2.15.